The number of carbonyl (C=O) groups is 1. The van der Waals surface area contributed by atoms with E-state index in [1.54, 1.807) is 18.3 Å². The van der Waals surface area contributed by atoms with Crippen molar-refractivity contribution in [3.63, 3.8) is 0 Å². The van der Waals surface area contributed by atoms with E-state index < -0.39 is 0 Å². The lowest BCUT2D eigenvalue weighted by Crippen LogP contribution is -2.03. The van der Waals surface area contributed by atoms with Gasteiger partial charge in [-0.1, -0.05) is 22.0 Å². The Hall–Kier alpha value is -2.14. The molecule has 2 rings (SSSR count). The third-order valence-electron chi connectivity index (χ3n) is 2.96. The monoisotopic (exact) mass is 361 g/mol. The second-order valence-electron chi connectivity index (χ2n) is 4.70. The predicted molar refractivity (Wildman–Crippen MR) is 90.4 cm³/mol. The summed E-state index contributed by atoms with van der Waals surface area (Å²) in [6.45, 7) is 3.38. The maximum absolute atomic E-state index is 11.0. The van der Waals surface area contributed by atoms with Crippen LogP contribution in [-0.2, 0) is 4.79 Å². The maximum atomic E-state index is 11.0. The average Bonchev–Trinajstić information content (AvgIpc) is 2.49. The van der Waals surface area contributed by atoms with Gasteiger partial charge in [0.05, 0.1) is 12.8 Å². The van der Waals surface area contributed by atoms with E-state index in [9.17, 15) is 4.79 Å². The van der Waals surface area contributed by atoms with Gasteiger partial charge in [-0.15, -0.1) is 0 Å². The van der Waals surface area contributed by atoms with Crippen molar-refractivity contribution in [1.29, 1.82) is 0 Å². The molecule has 0 aliphatic heterocycles. The van der Waals surface area contributed by atoms with Gasteiger partial charge in [0, 0.05) is 17.6 Å². The molecule has 0 heterocycles. The van der Waals surface area contributed by atoms with Crippen LogP contribution >= 0.6 is 15.9 Å². The van der Waals surface area contributed by atoms with Gasteiger partial charge in [0.15, 0.2) is 11.5 Å². The van der Waals surface area contributed by atoms with Gasteiger partial charge in [-0.25, -0.2) is 0 Å². The zero-order valence-electron chi connectivity index (χ0n) is 12.6. The van der Waals surface area contributed by atoms with Gasteiger partial charge in [-0.05, 0) is 48.4 Å². The Morgan fingerprint density at radius 3 is 2.59 bits per heavy atom. The third-order valence-corrected chi connectivity index (χ3v) is 3.81. The first-order chi connectivity index (χ1) is 10.5. The van der Waals surface area contributed by atoms with Crippen LogP contribution in [0.2, 0.25) is 0 Å². The molecule has 0 N–H and O–H groups in total. The minimum atomic E-state index is -0.385. The molecule has 0 amide bonds. The van der Waals surface area contributed by atoms with E-state index in [1.807, 2.05) is 31.2 Å². The molecular formula is C17H16BrNO3. The van der Waals surface area contributed by atoms with Crippen molar-refractivity contribution in [3.05, 3.63) is 52.0 Å². The average molecular weight is 362 g/mol. The Balaban J connectivity index is 2.23. The minimum absolute atomic E-state index is 0.385. The van der Waals surface area contributed by atoms with Gasteiger partial charge in [0.25, 0.3) is 0 Å². The van der Waals surface area contributed by atoms with Crippen molar-refractivity contribution >= 4 is 33.8 Å². The highest BCUT2D eigenvalue weighted by molar-refractivity contribution is 9.10. The summed E-state index contributed by atoms with van der Waals surface area (Å²) in [5.41, 5.74) is 2.86. The maximum Gasteiger partial charge on any atom is 0.308 e. The molecule has 114 valence electrons. The smallest absolute Gasteiger partial charge is 0.308 e. The van der Waals surface area contributed by atoms with E-state index in [0.717, 1.165) is 21.3 Å². The number of aryl methyl sites for hydroxylation is 1. The van der Waals surface area contributed by atoms with E-state index >= 15 is 0 Å². The van der Waals surface area contributed by atoms with E-state index in [0.29, 0.717) is 11.5 Å². The first-order valence-electron chi connectivity index (χ1n) is 6.66. The molecular weight excluding hydrogens is 346 g/mol. The van der Waals surface area contributed by atoms with E-state index in [-0.39, 0.29) is 5.97 Å². The number of methoxy groups -OCH3 is 1. The number of hydrogen-bond donors (Lipinski definition) is 0. The van der Waals surface area contributed by atoms with Crippen LogP contribution in [0.25, 0.3) is 0 Å². The van der Waals surface area contributed by atoms with Gasteiger partial charge in [0.1, 0.15) is 0 Å². The van der Waals surface area contributed by atoms with Crippen molar-refractivity contribution in [2.45, 2.75) is 13.8 Å². The van der Waals surface area contributed by atoms with Gasteiger partial charge in [-0.2, -0.15) is 0 Å². The van der Waals surface area contributed by atoms with Crippen LogP contribution in [0.4, 0.5) is 5.69 Å². The summed E-state index contributed by atoms with van der Waals surface area (Å²) in [4.78, 5) is 15.5. The number of benzene rings is 2. The number of carbonyl (C=O) groups excluding carboxylic acids is 1. The van der Waals surface area contributed by atoms with Crippen LogP contribution < -0.4 is 9.47 Å². The number of hydrogen-bond acceptors (Lipinski definition) is 4. The highest BCUT2D eigenvalue weighted by atomic mass is 79.9. The number of halogens is 1. The molecule has 0 saturated carbocycles. The fraction of sp³-hybridized carbons (Fsp3) is 0.176. The van der Waals surface area contributed by atoms with Crippen molar-refractivity contribution in [2.24, 2.45) is 4.99 Å². The van der Waals surface area contributed by atoms with E-state index in [1.165, 1.54) is 14.0 Å². The van der Waals surface area contributed by atoms with Crippen LogP contribution in [0.1, 0.15) is 18.1 Å². The molecule has 0 saturated heterocycles. The summed E-state index contributed by atoms with van der Waals surface area (Å²) in [5.74, 6) is 0.499. The topological polar surface area (TPSA) is 47.9 Å². The van der Waals surface area contributed by atoms with E-state index in [4.69, 9.17) is 9.47 Å². The fourth-order valence-corrected chi connectivity index (χ4v) is 2.18. The Morgan fingerprint density at radius 1 is 1.18 bits per heavy atom. The molecule has 0 radical (unpaired) electrons. The molecule has 0 aliphatic carbocycles. The van der Waals surface area contributed by atoms with Gasteiger partial charge in [0.2, 0.25) is 0 Å². The molecule has 0 bridgehead atoms. The fourth-order valence-electron chi connectivity index (χ4n) is 1.81. The van der Waals surface area contributed by atoms with E-state index in [2.05, 4.69) is 20.9 Å². The molecule has 2 aromatic rings. The standard InChI is InChI=1S/C17H16BrNO3/c1-11-4-6-14(9-15(11)18)19-10-13-5-7-16(22-12(2)20)17(8-13)21-3/h4-10H,1-3H3. The van der Waals surface area contributed by atoms with Gasteiger partial charge in [-0.3, -0.25) is 9.79 Å². The highest BCUT2D eigenvalue weighted by Gasteiger charge is 2.07. The number of aliphatic imine (C=N–C) groups is 1. The summed E-state index contributed by atoms with van der Waals surface area (Å²) in [5, 5.41) is 0. The molecule has 0 aliphatic rings. The number of esters is 1. The molecule has 0 atom stereocenters. The molecule has 0 spiro atoms. The largest absolute Gasteiger partial charge is 0.493 e. The summed E-state index contributed by atoms with van der Waals surface area (Å²) in [7, 11) is 1.53. The lowest BCUT2D eigenvalue weighted by molar-refractivity contribution is -0.132. The molecule has 0 unspecified atom stereocenters. The van der Waals surface area contributed by atoms with Gasteiger partial charge >= 0.3 is 5.97 Å². The molecule has 0 aromatic heterocycles. The summed E-state index contributed by atoms with van der Waals surface area (Å²) < 4.78 is 11.3. The summed E-state index contributed by atoms with van der Waals surface area (Å²) in [6, 6.07) is 11.2. The molecule has 4 nitrogen and oxygen atoms in total. The SMILES string of the molecule is COc1cc(C=Nc2ccc(C)c(Br)c2)ccc1OC(C)=O. The zero-order valence-corrected chi connectivity index (χ0v) is 14.2. The van der Waals surface area contributed by atoms with Crippen LogP contribution in [0.5, 0.6) is 11.5 Å². The molecule has 5 heteroatoms. The van der Waals surface area contributed by atoms with Crippen LogP contribution in [0, 0.1) is 6.92 Å². The predicted octanol–water partition coefficient (Wildman–Crippen LogP) is 4.44. The number of rotatable bonds is 4. The lowest BCUT2D eigenvalue weighted by Gasteiger charge is -2.08. The Morgan fingerprint density at radius 2 is 1.95 bits per heavy atom. The second kappa shape index (κ2) is 7.22. The van der Waals surface area contributed by atoms with Crippen LogP contribution in [-0.4, -0.2) is 19.3 Å². The Bertz CT molecular complexity index is 726. The van der Waals surface area contributed by atoms with Crippen molar-refractivity contribution in [1.82, 2.24) is 0 Å². The molecule has 2 aromatic carbocycles. The second-order valence-corrected chi connectivity index (χ2v) is 5.55. The quantitative estimate of drug-likeness (QED) is 0.459. The molecule has 0 fully saturated rings. The van der Waals surface area contributed by atoms with Crippen molar-refractivity contribution in [2.75, 3.05) is 7.11 Å². The first-order valence-corrected chi connectivity index (χ1v) is 7.45. The number of nitrogens with zero attached hydrogens (tertiary/aromatic N) is 1. The zero-order chi connectivity index (χ0) is 16.1. The van der Waals surface area contributed by atoms with Crippen LogP contribution in [0.3, 0.4) is 0 Å². The highest BCUT2D eigenvalue weighted by Crippen LogP contribution is 2.28. The summed E-state index contributed by atoms with van der Waals surface area (Å²) in [6.07, 6.45) is 1.73. The normalized spacial score (nSPS) is 10.7. The first kappa shape index (κ1) is 16.2. The molecule has 22 heavy (non-hydrogen) atoms. The Labute approximate surface area is 137 Å². The third kappa shape index (κ3) is 4.18. The summed E-state index contributed by atoms with van der Waals surface area (Å²) >= 11 is 3.49. The van der Waals surface area contributed by atoms with Crippen molar-refractivity contribution in [3.8, 4) is 11.5 Å². The van der Waals surface area contributed by atoms with Crippen molar-refractivity contribution < 1.29 is 14.3 Å². The Kier molecular flexibility index (Phi) is 5.33. The van der Waals surface area contributed by atoms with Gasteiger partial charge < -0.3 is 9.47 Å². The van der Waals surface area contributed by atoms with Crippen LogP contribution in [0.15, 0.2) is 45.9 Å². The lowest BCUT2D eigenvalue weighted by atomic mass is 10.2. The minimum Gasteiger partial charge on any atom is -0.493 e. The number of ether oxygens (including phenoxy) is 2.